The van der Waals surface area contributed by atoms with Crippen LogP contribution in [-0.2, 0) is 4.74 Å². The van der Waals surface area contributed by atoms with Gasteiger partial charge in [0, 0.05) is 12.7 Å². The molecular formula is C13H17BrN2O. The summed E-state index contributed by atoms with van der Waals surface area (Å²) in [5, 5.41) is 0. The average Bonchev–Trinajstić information content (AvgIpc) is 2.81. The number of aromatic nitrogens is 1. The van der Waals surface area contributed by atoms with E-state index in [1.54, 1.807) is 0 Å². The van der Waals surface area contributed by atoms with Crippen LogP contribution in [0, 0.1) is 6.92 Å². The van der Waals surface area contributed by atoms with Crippen molar-refractivity contribution in [1.29, 1.82) is 0 Å². The zero-order chi connectivity index (χ0) is 11.8. The van der Waals surface area contributed by atoms with Crippen LogP contribution in [0.3, 0.4) is 0 Å². The van der Waals surface area contributed by atoms with Crippen LogP contribution in [0.25, 0.3) is 0 Å². The molecule has 1 aliphatic heterocycles. The second-order valence-electron chi connectivity index (χ2n) is 4.87. The van der Waals surface area contributed by atoms with E-state index in [9.17, 15) is 0 Å². The Bertz CT molecular complexity index is 424. The quantitative estimate of drug-likeness (QED) is 0.797. The standard InChI is InChI=1S/C13H17BrN2O/c1-9-5-6-15-13(12(9)14)16-7-8-17-11-4-2-3-10(11)16/h5-6,10-11H,2-4,7-8H2,1H3. The summed E-state index contributed by atoms with van der Waals surface area (Å²) < 4.78 is 6.97. The highest BCUT2D eigenvalue weighted by Crippen LogP contribution is 2.36. The molecule has 0 spiro atoms. The van der Waals surface area contributed by atoms with Crippen molar-refractivity contribution in [2.45, 2.75) is 38.3 Å². The summed E-state index contributed by atoms with van der Waals surface area (Å²) in [7, 11) is 0. The van der Waals surface area contributed by atoms with Gasteiger partial charge in [-0.2, -0.15) is 0 Å². The Morgan fingerprint density at radius 1 is 1.47 bits per heavy atom. The summed E-state index contributed by atoms with van der Waals surface area (Å²) in [5.41, 5.74) is 1.25. The number of fused-ring (bicyclic) bond motifs is 1. The van der Waals surface area contributed by atoms with Crippen molar-refractivity contribution in [2.75, 3.05) is 18.1 Å². The van der Waals surface area contributed by atoms with Gasteiger partial charge in [-0.05, 0) is 53.7 Å². The van der Waals surface area contributed by atoms with Gasteiger partial charge in [-0.1, -0.05) is 0 Å². The minimum Gasteiger partial charge on any atom is -0.374 e. The molecule has 3 rings (SSSR count). The molecule has 2 aliphatic rings. The van der Waals surface area contributed by atoms with Gasteiger partial charge in [0.05, 0.1) is 23.2 Å². The lowest BCUT2D eigenvalue weighted by molar-refractivity contribution is 0.0252. The second-order valence-corrected chi connectivity index (χ2v) is 5.66. The van der Waals surface area contributed by atoms with Gasteiger partial charge in [-0.25, -0.2) is 4.98 Å². The van der Waals surface area contributed by atoms with E-state index in [2.05, 4.69) is 32.7 Å². The summed E-state index contributed by atoms with van der Waals surface area (Å²) in [5.74, 6) is 1.09. The molecule has 1 saturated heterocycles. The van der Waals surface area contributed by atoms with E-state index in [1.165, 1.54) is 24.8 Å². The minimum atomic E-state index is 0.415. The summed E-state index contributed by atoms with van der Waals surface area (Å²) in [4.78, 5) is 6.98. The molecule has 2 fully saturated rings. The lowest BCUT2D eigenvalue weighted by Crippen LogP contribution is -2.49. The third kappa shape index (κ3) is 1.97. The van der Waals surface area contributed by atoms with Crippen molar-refractivity contribution >= 4 is 21.7 Å². The molecule has 0 N–H and O–H groups in total. The third-order valence-electron chi connectivity index (χ3n) is 3.82. The molecule has 0 radical (unpaired) electrons. The van der Waals surface area contributed by atoms with Gasteiger partial charge < -0.3 is 9.64 Å². The van der Waals surface area contributed by atoms with Crippen LogP contribution in [0.2, 0.25) is 0 Å². The Balaban J connectivity index is 1.94. The second kappa shape index (κ2) is 4.58. The fraction of sp³-hybridized carbons (Fsp3) is 0.615. The van der Waals surface area contributed by atoms with Gasteiger partial charge in [0.1, 0.15) is 5.82 Å². The fourth-order valence-corrected chi connectivity index (χ4v) is 3.38. The SMILES string of the molecule is Cc1ccnc(N2CCOC3CCCC32)c1Br. The molecule has 0 amide bonds. The summed E-state index contributed by atoms with van der Waals surface area (Å²) in [6.45, 7) is 3.89. The first-order chi connectivity index (χ1) is 8.27. The molecule has 3 nitrogen and oxygen atoms in total. The van der Waals surface area contributed by atoms with E-state index in [4.69, 9.17) is 4.74 Å². The minimum absolute atomic E-state index is 0.415. The monoisotopic (exact) mass is 296 g/mol. The van der Waals surface area contributed by atoms with Gasteiger partial charge in [0.15, 0.2) is 0 Å². The number of anilines is 1. The third-order valence-corrected chi connectivity index (χ3v) is 4.80. The van der Waals surface area contributed by atoms with Crippen LogP contribution in [0.15, 0.2) is 16.7 Å². The largest absolute Gasteiger partial charge is 0.374 e. The zero-order valence-corrected chi connectivity index (χ0v) is 11.6. The van der Waals surface area contributed by atoms with Crippen LogP contribution in [0.1, 0.15) is 24.8 Å². The topological polar surface area (TPSA) is 25.4 Å². The van der Waals surface area contributed by atoms with Crippen molar-refractivity contribution in [2.24, 2.45) is 0 Å². The number of nitrogens with zero attached hydrogens (tertiary/aromatic N) is 2. The van der Waals surface area contributed by atoms with Crippen LogP contribution in [0.5, 0.6) is 0 Å². The molecule has 1 aromatic rings. The first-order valence-corrected chi connectivity index (χ1v) is 7.06. The molecule has 1 saturated carbocycles. The number of halogens is 1. The van der Waals surface area contributed by atoms with Crippen molar-refractivity contribution in [3.63, 3.8) is 0 Å². The highest BCUT2D eigenvalue weighted by atomic mass is 79.9. The van der Waals surface area contributed by atoms with Crippen LogP contribution < -0.4 is 4.90 Å². The molecule has 2 atom stereocenters. The molecule has 0 aromatic carbocycles. The van der Waals surface area contributed by atoms with Crippen LogP contribution >= 0.6 is 15.9 Å². The Morgan fingerprint density at radius 2 is 2.35 bits per heavy atom. The van der Waals surface area contributed by atoms with E-state index in [0.29, 0.717) is 12.1 Å². The van der Waals surface area contributed by atoms with Crippen LogP contribution in [0.4, 0.5) is 5.82 Å². The first-order valence-electron chi connectivity index (χ1n) is 6.27. The number of ether oxygens (including phenoxy) is 1. The van der Waals surface area contributed by atoms with Crippen molar-refractivity contribution in [3.8, 4) is 0 Å². The molecule has 2 heterocycles. The molecule has 2 unspecified atom stereocenters. The molecule has 17 heavy (non-hydrogen) atoms. The van der Waals surface area contributed by atoms with E-state index in [-0.39, 0.29) is 0 Å². The molecule has 1 aliphatic carbocycles. The fourth-order valence-electron chi connectivity index (χ4n) is 2.91. The van der Waals surface area contributed by atoms with Crippen molar-refractivity contribution in [1.82, 2.24) is 4.98 Å². The van der Waals surface area contributed by atoms with E-state index < -0.39 is 0 Å². The predicted molar refractivity (Wildman–Crippen MR) is 71.4 cm³/mol. The van der Waals surface area contributed by atoms with Gasteiger partial charge >= 0.3 is 0 Å². The number of morpholine rings is 1. The van der Waals surface area contributed by atoms with E-state index in [1.807, 2.05) is 12.3 Å². The number of hydrogen-bond acceptors (Lipinski definition) is 3. The molecule has 0 bridgehead atoms. The maximum absolute atomic E-state index is 5.84. The van der Waals surface area contributed by atoms with Gasteiger partial charge in [0.25, 0.3) is 0 Å². The average molecular weight is 297 g/mol. The van der Waals surface area contributed by atoms with Gasteiger partial charge in [-0.15, -0.1) is 0 Å². The van der Waals surface area contributed by atoms with E-state index >= 15 is 0 Å². The Labute approximate surface area is 110 Å². The molecule has 4 heteroatoms. The maximum atomic E-state index is 5.84. The normalized spacial score (nSPS) is 28.2. The highest BCUT2D eigenvalue weighted by Gasteiger charge is 2.37. The van der Waals surface area contributed by atoms with Gasteiger partial charge in [0.2, 0.25) is 0 Å². The Morgan fingerprint density at radius 3 is 3.24 bits per heavy atom. The number of hydrogen-bond donors (Lipinski definition) is 0. The Kier molecular flexibility index (Phi) is 3.09. The summed E-state index contributed by atoms with van der Waals surface area (Å²) >= 11 is 3.67. The predicted octanol–water partition coefficient (Wildman–Crippen LogP) is 2.91. The smallest absolute Gasteiger partial charge is 0.143 e. The van der Waals surface area contributed by atoms with Crippen molar-refractivity contribution < 1.29 is 4.74 Å². The van der Waals surface area contributed by atoms with Gasteiger partial charge in [-0.3, -0.25) is 0 Å². The highest BCUT2D eigenvalue weighted by molar-refractivity contribution is 9.10. The summed E-state index contributed by atoms with van der Waals surface area (Å²) in [6.07, 6.45) is 6.01. The van der Waals surface area contributed by atoms with Crippen molar-refractivity contribution in [3.05, 3.63) is 22.3 Å². The van der Waals surface area contributed by atoms with Crippen LogP contribution in [-0.4, -0.2) is 30.3 Å². The molecule has 1 aromatic heterocycles. The Hall–Kier alpha value is -0.610. The number of rotatable bonds is 1. The van der Waals surface area contributed by atoms with E-state index in [0.717, 1.165) is 23.4 Å². The lowest BCUT2D eigenvalue weighted by Gasteiger charge is -2.39. The molecular weight excluding hydrogens is 280 g/mol. The molecule has 92 valence electrons. The summed E-state index contributed by atoms with van der Waals surface area (Å²) in [6, 6.07) is 2.56. The maximum Gasteiger partial charge on any atom is 0.143 e. The first kappa shape index (κ1) is 11.5. The lowest BCUT2D eigenvalue weighted by atomic mass is 10.1. The number of pyridine rings is 1. The zero-order valence-electron chi connectivity index (χ0n) is 10.0. The number of aryl methyl sites for hydroxylation is 1.